The van der Waals surface area contributed by atoms with E-state index in [-0.39, 0.29) is 0 Å². The Labute approximate surface area is 93.9 Å². The van der Waals surface area contributed by atoms with Crippen LogP contribution in [0.4, 0.5) is 0 Å². The molecule has 0 saturated heterocycles. The maximum Gasteiger partial charge on any atom is 0.129 e. The van der Waals surface area contributed by atoms with Crippen LogP contribution in [0.15, 0.2) is 28.4 Å². The van der Waals surface area contributed by atoms with Crippen molar-refractivity contribution in [2.75, 3.05) is 0 Å². The van der Waals surface area contributed by atoms with Crippen molar-refractivity contribution in [2.24, 2.45) is 15.9 Å². The minimum atomic E-state index is 0.487. The molecule has 1 aromatic heterocycles. The first-order chi connectivity index (χ1) is 7.26. The van der Waals surface area contributed by atoms with Crippen LogP contribution in [0.3, 0.4) is 0 Å². The van der Waals surface area contributed by atoms with Gasteiger partial charge in [0.1, 0.15) is 5.15 Å². The highest BCUT2D eigenvalue weighted by Gasteiger charge is 1.92. The van der Waals surface area contributed by atoms with Gasteiger partial charge in [-0.15, -0.1) is 0 Å². The first-order valence-electron chi connectivity index (χ1n) is 4.63. The van der Waals surface area contributed by atoms with E-state index in [1.807, 2.05) is 13.0 Å². The number of halogens is 1. The van der Waals surface area contributed by atoms with Gasteiger partial charge in [-0.05, 0) is 18.1 Å². The van der Waals surface area contributed by atoms with Gasteiger partial charge in [-0.1, -0.05) is 24.6 Å². The van der Waals surface area contributed by atoms with Crippen molar-refractivity contribution < 1.29 is 0 Å². The van der Waals surface area contributed by atoms with Crippen molar-refractivity contribution in [3.05, 3.63) is 29.0 Å². The second-order valence-electron chi connectivity index (χ2n) is 2.93. The minimum Gasteiger partial charge on any atom is -0.323 e. The summed E-state index contributed by atoms with van der Waals surface area (Å²) in [6.45, 7) is 2.53. The summed E-state index contributed by atoms with van der Waals surface area (Å²) >= 11 is 5.66. The van der Waals surface area contributed by atoms with Gasteiger partial charge in [0, 0.05) is 12.4 Å². The second-order valence-corrected chi connectivity index (χ2v) is 3.32. The highest BCUT2D eigenvalue weighted by Crippen LogP contribution is 2.05. The van der Waals surface area contributed by atoms with Gasteiger partial charge in [-0.25, -0.2) is 4.98 Å². The lowest BCUT2D eigenvalue weighted by atomic mass is 10.3. The van der Waals surface area contributed by atoms with Crippen LogP contribution in [-0.4, -0.2) is 16.9 Å². The number of hydrogen-bond donors (Lipinski definition) is 1. The Hall–Kier alpha value is -1.42. The van der Waals surface area contributed by atoms with E-state index in [9.17, 15) is 0 Å². The molecule has 1 rings (SSSR count). The van der Waals surface area contributed by atoms with Crippen LogP contribution >= 0.6 is 11.6 Å². The molecular weight excluding hydrogens is 212 g/mol. The molecular formula is C10H13ClN4. The molecule has 1 heterocycles. The monoisotopic (exact) mass is 224 g/mol. The first kappa shape index (κ1) is 11.7. The van der Waals surface area contributed by atoms with Gasteiger partial charge in [-0.3, -0.25) is 4.99 Å². The van der Waals surface area contributed by atoms with Crippen LogP contribution in [0, 0.1) is 0 Å². The molecule has 4 nitrogen and oxygen atoms in total. The predicted octanol–water partition coefficient (Wildman–Crippen LogP) is 2.03. The number of aromatic nitrogens is 1. The molecule has 0 spiro atoms. The fourth-order valence-corrected chi connectivity index (χ4v) is 1.08. The predicted molar refractivity (Wildman–Crippen MR) is 63.4 cm³/mol. The fourth-order valence-electron chi connectivity index (χ4n) is 0.972. The zero-order valence-corrected chi connectivity index (χ0v) is 9.28. The smallest absolute Gasteiger partial charge is 0.129 e. The summed E-state index contributed by atoms with van der Waals surface area (Å²) in [5, 5.41) is 4.07. The molecule has 0 fully saturated rings. The third-order valence-corrected chi connectivity index (χ3v) is 2.05. The maximum absolute atomic E-state index is 5.66. The van der Waals surface area contributed by atoms with E-state index in [2.05, 4.69) is 15.1 Å². The number of hydrazone groups is 1. The first-order valence-corrected chi connectivity index (χ1v) is 5.01. The zero-order chi connectivity index (χ0) is 11.1. The average molecular weight is 225 g/mol. The summed E-state index contributed by atoms with van der Waals surface area (Å²) in [5.74, 6) is 5.15. The van der Waals surface area contributed by atoms with Crippen LogP contribution < -0.4 is 5.84 Å². The number of nitrogens with zero attached hydrogens (tertiary/aromatic N) is 3. The Morgan fingerprint density at radius 2 is 2.40 bits per heavy atom. The highest BCUT2D eigenvalue weighted by molar-refractivity contribution is 6.30. The number of hydrogen-bond acceptors (Lipinski definition) is 4. The molecule has 0 aliphatic heterocycles. The Bertz CT molecular complexity index is 356. The molecule has 80 valence electrons. The third kappa shape index (κ3) is 4.08. The third-order valence-electron chi connectivity index (χ3n) is 1.83. The van der Waals surface area contributed by atoms with Gasteiger partial charge in [0.05, 0.1) is 12.3 Å². The molecule has 0 aromatic carbocycles. The van der Waals surface area contributed by atoms with Crippen LogP contribution in [0.1, 0.15) is 18.9 Å². The van der Waals surface area contributed by atoms with Crippen molar-refractivity contribution in [3.8, 4) is 0 Å². The maximum atomic E-state index is 5.66. The van der Waals surface area contributed by atoms with Crippen molar-refractivity contribution in [1.82, 2.24) is 4.98 Å². The van der Waals surface area contributed by atoms with Crippen LogP contribution in [-0.2, 0) is 6.54 Å². The number of nitrogens with two attached hydrogens (primary N) is 1. The van der Waals surface area contributed by atoms with E-state index in [1.54, 1.807) is 18.5 Å². The molecule has 0 atom stereocenters. The van der Waals surface area contributed by atoms with Gasteiger partial charge < -0.3 is 5.84 Å². The average Bonchev–Trinajstić information content (AvgIpc) is 2.27. The van der Waals surface area contributed by atoms with E-state index < -0.39 is 0 Å². The number of pyridine rings is 1. The van der Waals surface area contributed by atoms with E-state index in [1.165, 1.54) is 0 Å². The molecule has 1 aromatic rings. The van der Waals surface area contributed by atoms with Crippen LogP contribution in [0.5, 0.6) is 0 Å². The highest BCUT2D eigenvalue weighted by atomic mass is 35.5. The van der Waals surface area contributed by atoms with Crippen molar-refractivity contribution in [2.45, 2.75) is 19.9 Å². The fraction of sp³-hybridized carbons (Fsp3) is 0.300. The van der Waals surface area contributed by atoms with E-state index in [4.69, 9.17) is 17.4 Å². The lowest BCUT2D eigenvalue weighted by molar-refractivity contribution is 1.05. The Kier molecular flexibility index (Phi) is 4.77. The number of aliphatic imine (C=N–C) groups is 1. The molecule has 2 N–H and O–H groups in total. The Morgan fingerprint density at radius 1 is 1.60 bits per heavy atom. The largest absolute Gasteiger partial charge is 0.323 e. The van der Waals surface area contributed by atoms with Gasteiger partial charge in [0.25, 0.3) is 0 Å². The van der Waals surface area contributed by atoms with Crippen molar-refractivity contribution in [1.29, 1.82) is 0 Å². The summed E-state index contributed by atoms with van der Waals surface area (Å²) < 4.78 is 0. The molecule has 0 unspecified atom stereocenters. The number of rotatable bonds is 4. The minimum absolute atomic E-state index is 0.487. The lowest BCUT2D eigenvalue weighted by Gasteiger charge is -1.96. The van der Waals surface area contributed by atoms with E-state index in [0.29, 0.717) is 11.7 Å². The summed E-state index contributed by atoms with van der Waals surface area (Å²) in [7, 11) is 0. The molecule has 0 aliphatic rings. The SMILES string of the molecule is CCC(C=NCc1ccc(Cl)nc1)=NN. The summed E-state index contributed by atoms with van der Waals surface area (Å²) in [5.41, 5.74) is 1.78. The van der Waals surface area contributed by atoms with Gasteiger partial charge >= 0.3 is 0 Å². The molecule has 15 heavy (non-hydrogen) atoms. The molecule has 0 amide bonds. The quantitative estimate of drug-likeness (QED) is 0.368. The molecule has 0 bridgehead atoms. The van der Waals surface area contributed by atoms with Crippen LogP contribution in [0.2, 0.25) is 5.15 Å². The Balaban J connectivity index is 2.53. The Morgan fingerprint density at radius 3 is 2.93 bits per heavy atom. The van der Waals surface area contributed by atoms with E-state index >= 15 is 0 Å². The molecule has 0 radical (unpaired) electrons. The molecule has 0 saturated carbocycles. The van der Waals surface area contributed by atoms with Crippen LogP contribution in [0.25, 0.3) is 0 Å². The standard InChI is InChI=1S/C10H13ClN4/c1-2-9(15-12)7-13-5-8-3-4-10(11)14-6-8/h3-4,6-7H,2,5,12H2,1H3. The summed E-state index contributed by atoms with van der Waals surface area (Å²) in [6, 6.07) is 3.63. The van der Waals surface area contributed by atoms with Crippen molar-refractivity contribution in [3.63, 3.8) is 0 Å². The molecule has 0 aliphatic carbocycles. The topological polar surface area (TPSA) is 63.6 Å². The summed E-state index contributed by atoms with van der Waals surface area (Å²) in [6.07, 6.45) is 4.15. The van der Waals surface area contributed by atoms with Gasteiger partial charge in [0.15, 0.2) is 0 Å². The summed E-state index contributed by atoms with van der Waals surface area (Å²) in [4.78, 5) is 8.15. The van der Waals surface area contributed by atoms with E-state index in [0.717, 1.165) is 17.7 Å². The van der Waals surface area contributed by atoms with Gasteiger partial charge in [0.2, 0.25) is 0 Å². The normalized spacial score (nSPS) is 12.3. The zero-order valence-electron chi connectivity index (χ0n) is 8.52. The lowest BCUT2D eigenvalue weighted by Crippen LogP contribution is -2.01. The van der Waals surface area contributed by atoms with Gasteiger partial charge in [-0.2, -0.15) is 5.10 Å². The second kappa shape index (κ2) is 6.14. The van der Waals surface area contributed by atoms with Crippen molar-refractivity contribution >= 4 is 23.5 Å². The molecule has 5 heteroatoms.